The Morgan fingerprint density at radius 1 is 0.479 bits per heavy atom. The molecule has 0 aromatic heterocycles. The van der Waals surface area contributed by atoms with E-state index < -0.39 is 49.5 Å². The van der Waals surface area contributed by atoms with E-state index in [0.717, 1.165) is 57.8 Å². The van der Waals surface area contributed by atoms with Gasteiger partial charge in [-0.05, 0) is 64.2 Å². The number of aliphatic hydroxyl groups excluding tert-OH is 5. The highest BCUT2D eigenvalue weighted by atomic mass is 16.7. The van der Waals surface area contributed by atoms with E-state index in [-0.39, 0.29) is 12.5 Å². The summed E-state index contributed by atoms with van der Waals surface area (Å²) in [6, 6.07) is -0.828. The molecule has 0 saturated carbocycles. The predicted molar refractivity (Wildman–Crippen MR) is 299 cm³/mol. The smallest absolute Gasteiger partial charge is 0.220 e. The fourth-order valence-corrected chi connectivity index (χ4v) is 9.56. The van der Waals surface area contributed by atoms with E-state index >= 15 is 0 Å². The summed E-state index contributed by atoms with van der Waals surface area (Å²) >= 11 is 0. The summed E-state index contributed by atoms with van der Waals surface area (Å²) in [6.45, 7) is 3.77. The molecule has 9 heteroatoms. The standard InChI is InChI=1S/C62H115NO8/c1-3-5-7-9-11-13-15-17-19-21-23-24-25-26-27-28-29-30-31-32-33-34-35-37-39-41-43-45-47-49-51-56(65)55(54-70-62-61(69)60(68)59(67)57(53-64)71-62)63-58(66)52-50-48-46-44-42-40-38-36-22-20-18-16-14-12-10-8-6-4-2/h14,16,20,22,41,43,49,51,55-57,59-62,64-65,67-69H,3-13,15,17-19,21,23-40,42,44-48,50,52-54H2,1-2H3,(H,63,66)/b16-14-,22-20-,43-41+,51-49+. The van der Waals surface area contributed by atoms with Crippen LogP contribution in [0.15, 0.2) is 48.6 Å². The first-order valence-corrected chi connectivity index (χ1v) is 30.4. The number of allylic oxidation sites excluding steroid dienone is 7. The molecule has 71 heavy (non-hydrogen) atoms. The Kier molecular flexibility index (Phi) is 48.8. The molecule has 1 rings (SSSR count). The number of rotatable bonds is 52. The van der Waals surface area contributed by atoms with Gasteiger partial charge in [0, 0.05) is 6.42 Å². The summed E-state index contributed by atoms with van der Waals surface area (Å²) in [5, 5.41) is 54.5. The summed E-state index contributed by atoms with van der Waals surface area (Å²) in [5.41, 5.74) is 0. The van der Waals surface area contributed by atoms with E-state index in [1.54, 1.807) is 6.08 Å². The third-order valence-corrected chi connectivity index (χ3v) is 14.4. The van der Waals surface area contributed by atoms with Gasteiger partial charge >= 0.3 is 0 Å². The van der Waals surface area contributed by atoms with Crippen LogP contribution in [0.2, 0.25) is 0 Å². The molecule has 0 aromatic carbocycles. The summed E-state index contributed by atoms with van der Waals surface area (Å²) in [7, 11) is 0. The Balaban J connectivity index is 2.20. The summed E-state index contributed by atoms with van der Waals surface area (Å²) < 4.78 is 11.3. The minimum absolute atomic E-state index is 0.193. The van der Waals surface area contributed by atoms with Crippen molar-refractivity contribution < 1.29 is 39.8 Å². The number of amides is 1. The molecule has 6 N–H and O–H groups in total. The second-order valence-electron chi connectivity index (χ2n) is 21.1. The molecule has 416 valence electrons. The molecule has 0 bridgehead atoms. The molecule has 7 atom stereocenters. The van der Waals surface area contributed by atoms with Crippen LogP contribution in [0.5, 0.6) is 0 Å². The number of carbonyl (C=O) groups excluding carboxylic acids is 1. The molecular formula is C62H115NO8. The van der Waals surface area contributed by atoms with E-state index in [1.165, 1.54) is 205 Å². The van der Waals surface area contributed by atoms with Gasteiger partial charge in [0.15, 0.2) is 6.29 Å². The first-order valence-electron chi connectivity index (χ1n) is 30.4. The quantitative estimate of drug-likeness (QED) is 0.0261. The van der Waals surface area contributed by atoms with E-state index in [1.807, 2.05) is 6.08 Å². The lowest BCUT2D eigenvalue weighted by Crippen LogP contribution is -2.60. The highest BCUT2D eigenvalue weighted by Gasteiger charge is 2.44. The van der Waals surface area contributed by atoms with Crippen LogP contribution < -0.4 is 5.32 Å². The van der Waals surface area contributed by atoms with Crippen LogP contribution in [0.3, 0.4) is 0 Å². The summed E-state index contributed by atoms with van der Waals surface area (Å²) in [6.07, 6.45) is 61.9. The van der Waals surface area contributed by atoms with Gasteiger partial charge in [-0.2, -0.15) is 0 Å². The van der Waals surface area contributed by atoms with Gasteiger partial charge in [-0.25, -0.2) is 0 Å². The highest BCUT2D eigenvalue weighted by molar-refractivity contribution is 5.76. The number of hydrogen-bond acceptors (Lipinski definition) is 8. The number of hydrogen-bond donors (Lipinski definition) is 6. The zero-order chi connectivity index (χ0) is 51.5. The Bertz CT molecular complexity index is 1250. The van der Waals surface area contributed by atoms with Crippen LogP contribution in [0, 0.1) is 0 Å². The van der Waals surface area contributed by atoms with Crippen molar-refractivity contribution in [1.29, 1.82) is 0 Å². The first kappa shape index (κ1) is 67.2. The molecule has 9 nitrogen and oxygen atoms in total. The Labute approximate surface area is 437 Å². The van der Waals surface area contributed by atoms with Gasteiger partial charge in [-0.3, -0.25) is 4.79 Å². The van der Waals surface area contributed by atoms with Crippen molar-refractivity contribution in [2.45, 2.75) is 326 Å². The maximum absolute atomic E-state index is 13.0. The molecule has 1 heterocycles. The fourth-order valence-electron chi connectivity index (χ4n) is 9.56. The molecule has 0 spiro atoms. The SMILES string of the molecule is CCCCCC/C=C\C/C=C\CCCCCCCCCC(=O)NC(COC1OC(CO)C(O)C(O)C1O)C(O)/C=C/CC/C=C/CCCCCCCCCCCCCCCCCCCCCCCCCC. The number of ether oxygens (including phenoxy) is 2. The van der Waals surface area contributed by atoms with Crippen molar-refractivity contribution in [2.24, 2.45) is 0 Å². The van der Waals surface area contributed by atoms with Gasteiger partial charge in [0.05, 0.1) is 25.4 Å². The van der Waals surface area contributed by atoms with Gasteiger partial charge in [-0.1, -0.05) is 262 Å². The van der Waals surface area contributed by atoms with Crippen LogP contribution in [-0.4, -0.2) is 87.5 Å². The van der Waals surface area contributed by atoms with Crippen molar-refractivity contribution in [1.82, 2.24) is 5.32 Å². The Hall–Kier alpha value is -1.85. The zero-order valence-corrected chi connectivity index (χ0v) is 46.2. The van der Waals surface area contributed by atoms with Gasteiger partial charge in [-0.15, -0.1) is 0 Å². The number of aliphatic hydroxyl groups is 5. The monoisotopic (exact) mass is 1000 g/mol. The van der Waals surface area contributed by atoms with Gasteiger partial charge in [0.25, 0.3) is 0 Å². The molecule has 1 aliphatic heterocycles. The van der Waals surface area contributed by atoms with Gasteiger partial charge in [0.2, 0.25) is 5.91 Å². The third kappa shape index (κ3) is 41.1. The number of unbranched alkanes of at least 4 members (excludes halogenated alkanes) is 36. The average Bonchev–Trinajstić information content (AvgIpc) is 3.37. The van der Waals surface area contributed by atoms with Crippen LogP contribution in [0.25, 0.3) is 0 Å². The Morgan fingerprint density at radius 2 is 0.845 bits per heavy atom. The van der Waals surface area contributed by atoms with Crippen molar-refractivity contribution >= 4 is 5.91 Å². The molecule has 0 aromatic rings. The fraction of sp³-hybridized carbons (Fsp3) is 0.855. The molecule has 1 aliphatic rings. The van der Waals surface area contributed by atoms with E-state index in [2.05, 4.69) is 55.6 Å². The van der Waals surface area contributed by atoms with Crippen molar-refractivity contribution in [3.63, 3.8) is 0 Å². The van der Waals surface area contributed by atoms with Crippen LogP contribution in [-0.2, 0) is 14.3 Å². The van der Waals surface area contributed by atoms with Crippen LogP contribution in [0.1, 0.15) is 284 Å². The summed E-state index contributed by atoms with van der Waals surface area (Å²) in [4.78, 5) is 13.0. The lowest BCUT2D eigenvalue weighted by atomic mass is 9.99. The molecule has 0 radical (unpaired) electrons. The molecule has 1 amide bonds. The first-order chi connectivity index (χ1) is 34.8. The molecule has 7 unspecified atom stereocenters. The van der Waals surface area contributed by atoms with Gasteiger partial charge in [0.1, 0.15) is 24.4 Å². The third-order valence-electron chi connectivity index (χ3n) is 14.4. The van der Waals surface area contributed by atoms with E-state index in [4.69, 9.17) is 9.47 Å². The molecular weight excluding hydrogens is 887 g/mol. The average molecular weight is 1000 g/mol. The van der Waals surface area contributed by atoms with Crippen LogP contribution >= 0.6 is 0 Å². The predicted octanol–water partition coefficient (Wildman–Crippen LogP) is 15.3. The largest absolute Gasteiger partial charge is 0.394 e. The lowest BCUT2D eigenvalue weighted by Gasteiger charge is -2.40. The Morgan fingerprint density at radius 3 is 1.28 bits per heavy atom. The normalized spacial score (nSPS) is 19.6. The topological polar surface area (TPSA) is 149 Å². The molecule has 1 saturated heterocycles. The van der Waals surface area contributed by atoms with Crippen molar-refractivity contribution in [2.75, 3.05) is 13.2 Å². The molecule has 1 fully saturated rings. The maximum Gasteiger partial charge on any atom is 0.220 e. The van der Waals surface area contributed by atoms with Crippen molar-refractivity contribution in [3.8, 4) is 0 Å². The zero-order valence-electron chi connectivity index (χ0n) is 46.2. The van der Waals surface area contributed by atoms with Crippen molar-refractivity contribution in [3.05, 3.63) is 48.6 Å². The van der Waals surface area contributed by atoms with E-state index in [0.29, 0.717) is 6.42 Å². The van der Waals surface area contributed by atoms with Crippen LogP contribution in [0.4, 0.5) is 0 Å². The lowest BCUT2D eigenvalue weighted by molar-refractivity contribution is -0.302. The van der Waals surface area contributed by atoms with Gasteiger partial charge < -0.3 is 40.3 Å². The minimum atomic E-state index is -1.58. The molecule has 0 aliphatic carbocycles. The minimum Gasteiger partial charge on any atom is -0.394 e. The summed E-state index contributed by atoms with van der Waals surface area (Å²) in [5.74, 6) is -0.193. The second kappa shape index (κ2) is 51.6. The number of carbonyl (C=O) groups is 1. The van der Waals surface area contributed by atoms with E-state index in [9.17, 15) is 30.3 Å². The maximum atomic E-state index is 13.0. The number of nitrogens with one attached hydrogen (secondary N) is 1. The highest BCUT2D eigenvalue weighted by Crippen LogP contribution is 2.23. The second-order valence-corrected chi connectivity index (χ2v) is 21.1.